The largest absolute Gasteiger partial charge is 0.468 e. The molecule has 2 rings (SSSR count). The molecular weight excluding hydrogens is 301 g/mol. The fourth-order valence-corrected chi connectivity index (χ4v) is 2.27. The van der Waals surface area contributed by atoms with E-state index in [-0.39, 0.29) is 11.3 Å². The molecule has 0 saturated carbocycles. The van der Waals surface area contributed by atoms with Crippen LogP contribution in [0.15, 0.2) is 36.5 Å². The van der Waals surface area contributed by atoms with Crippen molar-refractivity contribution in [2.24, 2.45) is 5.92 Å². The van der Waals surface area contributed by atoms with Gasteiger partial charge in [0.2, 0.25) is 0 Å². The highest BCUT2D eigenvalue weighted by Gasteiger charge is 2.39. The zero-order valence-electron chi connectivity index (χ0n) is 11.5. The van der Waals surface area contributed by atoms with Crippen LogP contribution in [0.1, 0.15) is 17.2 Å². The van der Waals surface area contributed by atoms with Crippen molar-refractivity contribution in [3.63, 3.8) is 0 Å². The molecule has 2 amide bonds. The van der Waals surface area contributed by atoms with Crippen LogP contribution in [0.4, 0.5) is 18.0 Å². The first kappa shape index (κ1) is 15.9. The number of hydrogen-bond acceptors (Lipinski definition) is 3. The average Bonchev–Trinajstić information content (AvgIpc) is 2.45. The Bertz CT molecular complexity index is 628. The summed E-state index contributed by atoms with van der Waals surface area (Å²) in [6, 6.07) is 2.77. The van der Waals surface area contributed by atoms with Crippen molar-refractivity contribution in [1.82, 2.24) is 10.6 Å². The van der Waals surface area contributed by atoms with E-state index in [0.29, 0.717) is 0 Å². The Morgan fingerprint density at radius 2 is 2.05 bits per heavy atom. The molecule has 0 unspecified atom stereocenters. The minimum Gasteiger partial charge on any atom is -0.468 e. The molecule has 0 bridgehead atoms. The average molecular weight is 314 g/mol. The van der Waals surface area contributed by atoms with Gasteiger partial charge in [-0.25, -0.2) is 4.79 Å². The summed E-state index contributed by atoms with van der Waals surface area (Å²) >= 11 is 0. The zero-order chi connectivity index (χ0) is 16.5. The molecule has 5 nitrogen and oxygen atoms in total. The number of halogens is 3. The van der Waals surface area contributed by atoms with Crippen molar-refractivity contribution < 1.29 is 27.5 Å². The van der Waals surface area contributed by atoms with Crippen molar-refractivity contribution in [1.29, 1.82) is 0 Å². The van der Waals surface area contributed by atoms with Crippen molar-refractivity contribution in [2.75, 3.05) is 7.11 Å². The molecular formula is C14H13F3N2O3. The molecule has 0 spiro atoms. The Morgan fingerprint density at radius 1 is 1.36 bits per heavy atom. The van der Waals surface area contributed by atoms with Gasteiger partial charge in [-0.05, 0) is 17.7 Å². The third-order valence-corrected chi connectivity index (χ3v) is 3.30. The van der Waals surface area contributed by atoms with E-state index >= 15 is 0 Å². The van der Waals surface area contributed by atoms with Gasteiger partial charge in [-0.1, -0.05) is 18.7 Å². The molecule has 1 aliphatic rings. The molecule has 2 N–H and O–H groups in total. The number of benzene rings is 1. The number of urea groups is 1. The number of amides is 2. The number of ether oxygens (including phenoxy) is 1. The van der Waals surface area contributed by atoms with Crippen LogP contribution in [-0.4, -0.2) is 19.1 Å². The van der Waals surface area contributed by atoms with Gasteiger partial charge in [0.25, 0.3) is 0 Å². The summed E-state index contributed by atoms with van der Waals surface area (Å²) in [5.74, 6) is -1.73. The first-order valence-electron chi connectivity index (χ1n) is 6.25. The number of rotatable bonds is 2. The molecule has 1 aliphatic heterocycles. The Morgan fingerprint density at radius 3 is 2.64 bits per heavy atom. The van der Waals surface area contributed by atoms with Crippen LogP contribution in [0, 0.1) is 5.92 Å². The van der Waals surface area contributed by atoms with Gasteiger partial charge in [0.15, 0.2) is 0 Å². The third kappa shape index (κ3) is 3.05. The van der Waals surface area contributed by atoms with Crippen molar-refractivity contribution in [2.45, 2.75) is 12.2 Å². The second-order valence-electron chi connectivity index (χ2n) is 4.73. The second-order valence-corrected chi connectivity index (χ2v) is 4.73. The minimum atomic E-state index is -4.52. The van der Waals surface area contributed by atoms with E-state index in [4.69, 9.17) is 0 Å². The molecule has 0 aromatic heterocycles. The van der Waals surface area contributed by atoms with Gasteiger partial charge >= 0.3 is 18.2 Å². The van der Waals surface area contributed by atoms with Crippen LogP contribution >= 0.6 is 0 Å². The molecule has 2 atom stereocenters. The van der Waals surface area contributed by atoms with E-state index in [2.05, 4.69) is 21.9 Å². The maximum Gasteiger partial charge on any atom is 0.416 e. The van der Waals surface area contributed by atoms with E-state index in [0.717, 1.165) is 19.2 Å². The fourth-order valence-electron chi connectivity index (χ4n) is 2.27. The summed E-state index contributed by atoms with van der Waals surface area (Å²) in [5.41, 5.74) is -0.661. The van der Waals surface area contributed by atoms with Crippen LogP contribution in [-0.2, 0) is 15.7 Å². The van der Waals surface area contributed by atoms with Gasteiger partial charge in [-0.3, -0.25) is 4.79 Å². The molecule has 8 heteroatoms. The third-order valence-electron chi connectivity index (χ3n) is 3.30. The molecule has 1 heterocycles. The van der Waals surface area contributed by atoms with Crippen molar-refractivity contribution in [3.05, 3.63) is 47.7 Å². The number of esters is 1. The van der Waals surface area contributed by atoms with Crippen molar-refractivity contribution in [3.8, 4) is 0 Å². The van der Waals surface area contributed by atoms with Gasteiger partial charge in [0.05, 0.1) is 18.7 Å². The highest BCUT2D eigenvalue weighted by molar-refractivity contribution is 5.85. The Kier molecular flexibility index (Phi) is 4.11. The first-order chi connectivity index (χ1) is 10.2. The summed E-state index contributed by atoms with van der Waals surface area (Å²) in [5, 5.41) is 4.75. The Labute approximate surface area is 124 Å². The van der Waals surface area contributed by atoms with E-state index in [1.54, 1.807) is 0 Å². The van der Waals surface area contributed by atoms with Gasteiger partial charge in [0.1, 0.15) is 5.92 Å². The summed E-state index contributed by atoms with van der Waals surface area (Å²) in [7, 11) is 1.15. The lowest BCUT2D eigenvalue weighted by atomic mass is 9.88. The summed E-state index contributed by atoms with van der Waals surface area (Å²) in [6.45, 7) is 3.57. The molecule has 1 aromatic carbocycles. The first-order valence-corrected chi connectivity index (χ1v) is 6.25. The molecule has 1 saturated heterocycles. The Balaban J connectivity index is 2.44. The van der Waals surface area contributed by atoms with Crippen LogP contribution in [0.25, 0.3) is 0 Å². The molecule has 1 aromatic rings. The quantitative estimate of drug-likeness (QED) is 0.824. The van der Waals surface area contributed by atoms with Gasteiger partial charge < -0.3 is 15.4 Å². The normalized spacial score (nSPS) is 21.8. The molecule has 0 aliphatic carbocycles. The predicted molar refractivity (Wildman–Crippen MR) is 70.5 cm³/mol. The number of carbonyl (C=O) groups excluding carboxylic acids is 2. The molecule has 1 fully saturated rings. The minimum absolute atomic E-state index is 0.0676. The highest BCUT2D eigenvalue weighted by atomic mass is 19.4. The van der Waals surface area contributed by atoms with E-state index in [1.165, 1.54) is 12.1 Å². The molecule has 118 valence electrons. The lowest BCUT2D eigenvalue weighted by Gasteiger charge is -2.33. The fraction of sp³-hybridized carbons (Fsp3) is 0.286. The number of nitrogens with one attached hydrogen (secondary N) is 2. The standard InChI is InChI=1S/C14H13F3N2O3/c1-7-10(12(20)22-2)11(19-13(21)18-7)8-4-3-5-9(6-8)14(15,16)17/h3-6,10-11H,1H2,2H3,(H2,18,19,21)/t10-,11+/m0/s1. The van der Waals surface area contributed by atoms with Crippen LogP contribution < -0.4 is 10.6 Å². The smallest absolute Gasteiger partial charge is 0.416 e. The van der Waals surface area contributed by atoms with Gasteiger partial charge in [0, 0.05) is 5.70 Å². The summed E-state index contributed by atoms with van der Waals surface area (Å²) in [4.78, 5) is 23.4. The number of alkyl halides is 3. The second kappa shape index (κ2) is 5.70. The Hall–Kier alpha value is -2.51. The van der Waals surface area contributed by atoms with Crippen LogP contribution in [0.5, 0.6) is 0 Å². The van der Waals surface area contributed by atoms with Crippen LogP contribution in [0.3, 0.4) is 0 Å². The van der Waals surface area contributed by atoms with Gasteiger partial charge in [-0.2, -0.15) is 13.2 Å². The summed E-state index contributed by atoms with van der Waals surface area (Å²) in [6.07, 6.45) is -4.52. The topological polar surface area (TPSA) is 67.4 Å². The highest BCUT2D eigenvalue weighted by Crippen LogP contribution is 2.34. The maximum atomic E-state index is 12.8. The SMILES string of the molecule is C=C1NC(=O)N[C@H](c2cccc(C(F)(F)F)c2)[C@H]1C(=O)OC. The van der Waals surface area contributed by atoms with E-state index in [9.17, 15) is 22.8 Å². The lowest BCUT2D eigenvalue weighted by molar-refractivity contribution is -0.145. The summed E-state index contributed by atoms with van der Waals surface area (Å²) < 4.78 is 43.0. The maximum absolute atomic E-state index is 12.8. The number of methoxy groups -OCH3 is 1. The molecule has 22 heavy (non-hydrogen) atoms. The zero-order valence-corrected chi connectivity index (χ0v) is 11.5. The lowest BCUT2D eigenvalue weighted by Crippen LogP contribution is -2.51. The van der Waals surface area contributed by atoms with Gasteiger partial charge in [-0.15, -0.1) is 0 Å². The molecule has 0 radical (unpaired) electrons. The van der Waals surface area contributed by atoms with E-state index in [1.807, 2.05) is 0 Å². The number of carbonyl (C=O) groups is 2. The number of hydrogen-bond donors (Lipinski definition) is 2. The predicted octanol–water partition coefficient (Wildman–Crippen LogP) is 2.36. The van der Waals surface area contributed by atoms with E-state index < -0.39 is 35.7 Å². The van der Waals surface area contributed by atoms with Crippen LogP contribution in [0.2, 0.25) is 0 Å². The monoisotopic (exact) mass is 314 g/mol. The van der Waals surface area contributed by atoms with Crippen molar-refractivity contribution >= 4 is 12.0 Å².